The molecule has 0 aliphatic rings. The van der Waals surface area contributed by atoms with Crippen molar-refractivity contribution in [3.8, 4) is 0 Å². The van der Waals surface area contributed by atoms with Crippen molar-refractivity contribution in [1.82, 2.24) is 0 Å². The second kappa shape index (κ2) is 5.00. The predicted octanol–water partition coefficient (Wildman–Crippen LogP) is 3.68. The van der Waals surface area contributed by atoms with Crippen molar-refractivity contribution in [2.75, 3.05) is 0 Å². The van der Waals surface area contributed by atoms with Crippen LogP contribution in [0.3, 0.4) is 0 Å². The third kappa shape index (κ3) is 4.67. The Morgan fingerprint density at radius 3 is 2.27 bits per heavy atom. The van der Waals surface area contributed by atoms with E-state index in [-0.39, 0.29) is 11.5 Å². The highest BCUT2D eigenvalue weighted by molar-refractivity contribution is 6.30. The summed E-state index contributed by atoms with van der Waals surface area (Å²) in [6.45, 7) is 6.19. The highest BCUT2D eigenvalue weighted by atomic mass is 35.5. The summed E-state index contributed by atoms with van der Waals surface area (Å²) in [6, 6.07) is 7.92. The van der Waals surface area contributed by atoms with Gasteiger partial charge in [-0.25, -0.2) is 0 Å². The lowest BCUT2D eigenvalue weighted by molar-refractivity contribution is 0.129. The van der Waals surface area contributed by atoms with Gasteiger partial charge < -0.3 is 5.11 Å². The first kappa shape index (κ1) is 12.5. The van der Waals surface area contributed by atoms with Gasteiger partial charge >= 0.3 is 0 Å². The first-order valence-corrected chi connectivity index (χ1v) is 5.69. The number of benzene rings is 1. The monoisotopic (exact) mass is 226 g/mol. The lowest BCUT2D eigenvalue weighted by Crippen LogP contribution is -2.21. The molecule has 0 aromatic heterocycles. The van der Waals surface area contributed by atoms with E-state index in [1.807, 2.05) is 31.2 Å². The Bertz CT molecular complexity index is 301. The number of rotatable bonds is 4. The summed E-state index contributed by atoms with van der Waals surface area (Å²) in [6.07, 6.45) is 1.54. The van der Waals surface area contributed by atoms with Crippen LogP contribution in [0, 0.1) is 5.41 Å². The lowest BCUT2D eigenvalue weighted by Gasteiger charge is -2.26. The topological polar surface area (TPSA) is 20.2 Å². The van der Waals surface area contributed by atoms with E-state index < -0.39 is 0 Å². The van der Waals surface area contributed by atoms with Crippen molar-refractivity contribution in [2.24, 2.45) is 5.41 Å². The molecule has 0 amide bonds. The van der Waals surface area contributed by atoms with Crippen LogP contribution in [0.25, 0.3) is 0 Å². The van der Waals surface area contributed by atoms with E-state index >= 15 is 0 Å². The van der Waals surface area contributed by atoms with Crippen LogP contribution >= 0.6 is 11.6 Å². The standard InChI is InChI=1S/C13H19ClO/c1-10(15)8-13(2,3)9-11-4-6-12(14)7-5-11/h4-7,10,15H,8-9H2,1-3H3. The van der Waals surface area contributed by atoms with Crippen LogP contribution in [-0.2, 0) is 6.42 Å². The second-order valence-electron chi connectivity index (χ2n) is 5.02. The molecule has 0 bridgehead atoms. The third-order valence-electron chi connectivity index (χ3n) is 2.44. The summed E-state index contributed by atoms with van der Waals surface area (Å²) in [5.41, 5.74) is 1.40. The molecule has 15 heavy (non-hydrogen) atoms. The zero-order valence-corrected chi connectivity index (χ0v) is 10.4. The zero-order chi connectivity index (χ0) is 11.5. The molecule has 0 saturated heterocycles. The minimum Gasteiger partial charge on any atom is -0.393 e. The molecule has 1 unspecified atom stereocenters. The first-order valence-electron chi connectivity index (χ1n) is 5.31. The fourth-order valence-corrected chi connectivity index (χ4v) is 2.15. The molecule has 0 aliphatic heterocycles. The van der Waals surface area contributed by atoms with Gasteiger partial charge in [0, 0.05) is 5.02 Å². The van der Waals surface area contributed by atoms with Gasteiger partial charge in [-0.05, 0) is 42.9 Å². The Labute approximate surface area is 97.1 Å². The summed E-state index contributed by atoms with van der Waals surface area (Å²) < 4.78 is 0. The van der Waals surface area contributed by atoms with Crippen molar-refractivity contribution >= 4 is 11.6 Å². The maximum absolute atomic E-state index is 9.39. The van der Waals surface area contributed by atoms with Gasteiger partial charge in [0.1, 0.15) is 0 Å². The number of aliphatic hydroxyl groups is 1. The maximum atomic E-state index is 9.39. The van der Waals surface area contributed by atoms with Gasteiger partial charge in [-0.15, -0.1) is 0 Å². The van der Waals surface area contributed by atoms with E-state index in [2.05, 4.69) is 13.8 Å². The molecule has 1 rings (SSSR count). The Morgan fingerprint density at radius 1 is 1.27 bits per heavy atom. The third-order valence-corrected chi connectivity index (χ3v) is 2.70. The number of hydrogen-bond donors (Lipinski definition) is 1. The normalized spacial score (nSPS) is 13.9. The van der Waals surface area contributed by atoms with Crippen molar-refractivity contribution in [2.45, 2.75) is 39.7 Å². The minimum absolute atomic E-state index is 0.127. The van der Waals surface area contributed by atoms with Crippen molar-refractivity contribution < 1.29 is 5.11 Å². The quantitative estimate of drug-likeness (QED) is 0.831. The number of aliphatic hydroxyl groups excluding tert-OH is 1. The minimum atomic E-state index is -0.243. The summed E-state index contributed by atoms with van der Waals surface area (Å²) in [5.74, 6) is 0. The smallest absolute Gasteiger partial charge is 0.0517 e. The number of hydrogen-bond acceptors (Lipinski definition) is 1. The molecule has 1 atom stereocenters. The van der Waals surface area contributed by atoms with Gasteiger partial charge in [0.25, 0.3) is 0 Å². The van der Waals surface area contributed by atoms with E-state index in [1.165, 1.54) is 5.56 Å². The van der Waals surface area contributed by atoms with Gasteiger partial charge in [0.05, 0.1) is 6.10 Å². The van der Waals surface area contributed by atoms with Crippen LogP contribution in [0.4, 0.5) is 0 Å². The molecule has 0 radical (unpaired) electrons. The SMILES string of the molecule is CC(O)CC(C)(C)Cc1ccc(Cl)cc1. The molecule has 0 aliphatic carbocycles. The summed E-state index contributed by atoms with van der Waals surface area (Å²) in [5, 5.41) is 10.2. The van der Waals surface area contributed by atoms with Gasteiger partial charge in [-0.3, -0.25) is 0 Å². The molecule has 1 N–H and O–H groups in total. The molecular weight excluding hydrogens is 208 g/mol. The van der Waals surface area contributed by atoms with Gasteiger partial charge in [-0.2, -0.15) is 0 Å². The van der Waals surface area contributed by atoms with Crippen molar-refractivity contribution in [3.05, 3.63) is 34.9 Å². The predicted molar refractivity (Wildman–Crippen MR) is 65.2 cm³/mol. The Balaban J connectivity index is 2.64. The maximum Gasteiger partial charge on any atom is 0.0517 e. The van der Waals surface area contributed by atoms with Gasteiger partial charge in [0.2, 0.25) is 0 Å². The molecule has 0 fully saturated rings. The van der Waals surface area contributed by atoms with E-state index in [0.29, 0.717) is 0 Å². The van der Waals surface area contributed by atoms with Crippen LogP contribution in [0.15, 0.2) is 24.3 Å². The molecule has 1 aromatic carbocycles. The molecule has 84 valence electrons. The molecular formula is C13H19ClO. The van der Waals surface area contributed by atoms with Crippen LogP contribution in [-0.4, -0.2) is 11.2 Å². The second-order valence-corrected chi connectivity index (χ2v) is 5.46. The molecule has 1 aromatic rings. The largest absolute Gasteiger partial charge is 0.393 e. The molecule has 0 saturated carbocycles. The van der Waals surface area contributed by atoms with Crippen molar-refractivity contribution in [1.29, 1.82) is 0 Å². The highest BCUT2D eigenvalue weighted by Gasteiger charge is 2.20. The highest BCUT2D eigenvalue weighted by Crippen LogP contribution is 2.27. The summed E-state index contributed by atoms with van der Waals surface area (Å²) in [7, 11) is 0. The van der Waals surface area contributed by atoms with Crippen LogP contribution < -0.4 is 0 Å². The number of halogens is 1. The lowest BCUT2D eigenvalue weighted by atomic mass is 9.81. The van der Waals surface area contributed by atoms with E-state index in [4.69, 9.17) is 11.6 Å². The van der Waals surface area contributed by atoms with Gasteiger partial charge in [0.15, 0.2) is 0 Å². The van der Waals surface area contributed by atoms with Gasteiger partial charge in [-0.1, -0.05) is 37.6 Å². The molecule has 0 spiro atoms. The van der Waals surface area contributed by atoms with Crippen LogP contribution in [0.1, 0.15) is 32.8 Å². The molecule has 2 heteroatoms. The molecule has 0 heterocycles. The average molecular weight is 227 g/mol. The van der Waals surface area contributed by atoms with E-state index in [0.717, 1.165) is 17.9 Å². The summed E-state index contributed by atoms with van der Waals surface area (Å²) >= 11 is 5.83. The Kier molecular flexibility index (Phi) is 4.18. The fraction of sp³-hybridized carbons (Fsp3) is 0.538. The first-order chi connectivity index (χ1) is 6.89. The summed E-state index contributed by atoms with van der Waals surface area (Å²) in [4.78, 5) is 0. The average Bonchev–Trinajstić information content (AvgIpc) is 2.06. The van der Waals surface area contributed by atoms with E-state index in [9.17, 15) is 5.11 Å². The van der Waals surface area contributed by atoms with Crippen LogP contribution in [0.2, 0.25) is 5.02 Å². The molecule has 1 nitrogen and oxygen atoms in total. The Hall–Kier alpha value is -0.530. The Morgan fingerprint density at radius 2 is 1.80 bits per heavy atom. The van der Waals surface area contributed by atoms with E-state index in [1.54, 1.807) is 0 Å². The van der Waals surface area contributed by atoms with Crippen molar-refractivity contribution in [3.63, 3.8) is 0 Å². The zero-order valence-electron chi connectivity index (χ0n) is 9.63. The van der Waals surface area contributed by atoms with Crippen LogP contribution in [0.5, 0.6) is 0 Å². The fourth-order valence-electron chi connectivity index (χ4n) is 2.03.